The lowest BCUT2D eigenvalue weighted by atomic mass is 9.84. The van der Waals surface area contributed by atoms with Crippen molar-refractivity contribution in [3.63, 3.8) is 0 Å². The summed E-state index contributed by atoms with van der Waals surface area (Å²) in [4.78, 5) is 12.3. The summed E-state index contributed by atoms with van der Waals surface area (Å²) >= 11 is 0. The van der Waals surface area contributed by atoms with Crippen LogP contribution in [0.15, 0.2) is 24.3 Å². The zero-order valence-corrected chi connectivity index (χ0v) is 11.9. The molecule has 3 nitrogen and oxygen atoms in total. The number of hydrogen-bond donors (Lipinski definition) is 2. The molecule has 1 saturated carbocycles. The van der Waals surface area contributed by atoms with Crippen LogP contribution in [-0.4, -0.2) is 19.0 Å². The second-order valence-electron chi connectivity index (χ2n) is 5.46. The highest BCUT2D eigenvalue weighted by atomic mass is 16.1. The van der Waals surface area contributed by atoms with Gasteiger partial charge in [0.15, 0.2) is 0 Å². The molecule has 1 aromatic carbocycles. The highest BCUT2D eigenvalue weighted by molar-refractivity contribution is 5.99. The Morgan fingerprint density at radius 3 is 2.58 bits per heavy atom. The lowest BCUT2D eigenvalue weighted by Gasteiger charge is -2.28. The summed E-state index contributed by atoms with van der Waals surface area (Å²) in [6, 6.07) is 7.90. The number of benzene rings is 1. The normalized spacial score (nSPS) is 17.8. The first-order chi connectivity index (χ1) is 9.22. The average Bonchev–Trinajstić information content (AvgIpc) is 2.48. The van der Waals surface area contributed by atoms with Crippen LogP contribution >= 0.6 is 0 Å². The summed E-state index contributed by atoms with van der Waals surface area (Å²) in [5, 5.41) is 6.23. The van der Waals surface area contributed by atoms with Crippen molar-refractivity contribution in [2.24, 2.45) is 5.92 Å². The van der Waals surface area contributed by atoms with Gasteiger partial charge >= 0.3 is 0 Å². The van der Waals surface area contributed by atoms with Crippen LogP contribution in [0.1, 0.15) is 49.4 Å². The van der Waals surface area contributed by atoms with Crippen molar-refractivity contribution in [3.8, 4) is 0 Å². The lowest BCUT2D eigenvalue weighted by molar-refractivity contribution is 0.0920. The molecule has 1 fully saturated rings. The fourth-order valence-corrected chi connectivity index (χ4v) is 2.94. The molecule has 1 aliphatic rings. The van der Waals surface area contributed by atoms with Crippen molar-refractivity contribution in [1.29, 1.82) is 0 Å². The fraction of sp³-hybridized carbons (Fsp3) is 0.562. The van der Waals surface area contributed by atoms with Gasteiger partial charge in [-0.15, -0.1) is 0 Å². The molecule has 2 N–H and O–H groups in total. The SMILES string of the molecule is CNc1ccccc1C(=O)N[C@@H](C)C1CCCCC1. The van der Waals surface area contributed by atoms with Crippen LogP contribution in [0.3, 0.4) is 0 Å². The Morgan fingerprint density at radius 2 is 1.89 bits per heavy atom. The predicted molar refractivity (Wildman–Crippen MR) is 79.5 cm³/mol. The summed E-state index contributed by atoms with van der Waals surface area (Å²) < 4.78 is 0. The molecule has 0 unspecified atom stereocenters. The second kappa shape index (κ2) is 6.60. The molecule has 1 aromatic rings. The minimum atomic E-state index is 0.0306. The van der Waals surface area contributed by atoms with E-state index in [0.717, 1.165) is 11.3 Å². The highest BCUT2D eigenvalue weighted by Gasteiger charge is 2.22. The third-order valence-corrected chi connectivity index (χ3v) is 4.16. The summed E-state index contributed by atoms with van der Waals surface area (Å²) in [6.45, 7) is 2.13. The molecule has 0 saturated heterocycles. The van der Waals surface area contributed by atoms with E-state index in [4.69, 9.17) is 0 Å². The van der Waals surface area contributed by atoms with Crippen LogP contribution in [0.25, 0.3) is 0 Å². The van der Waals surface area contributed by atoms with Gasteiger partial charge in [0.25, 0.3) is 5.91 Å². The number of nitrogens with one attached hydrogen (secondary N) is 2. The molecule has 1 aliphatic carbocycles. The van der Waals surface area contributed by atoms with E-state index in [1.165, 1.54) is 32.1 Å². The zero-order chi connectivity index (χ0) is 13.7. The second-order valence-corrected chi connectivity index (χ2v) is 5.46. The first-order valence-corrected chi connectivity index (χ1v) is 7.30. The average molecular weight is 260 g/mol. The monoisotopic (exact) mass is 260 g/mol. The van der Waals surface area contributed by atoms with Gasteiger partial charge in [0.1, 0.15) is 0 Å². The third-order valence-electron chi connectivity index (χ3n) is 4.16. The Balaban J connectivity index is 1.99. The van der Waals surface area contributed by atoms with Gasteiger partial charge < -0.3 is 10.6 Å². The number of para-hydroxylation sites is 1. The standard InChI is InChI=1S/C16H24N2O/c1-12(13-8-4-3-5-9-13)18-16(19)14-10-6-7-11-15(14)17-2/h6-7,10-13,17H,3-5,8-9H2,1-2H3,(H,18,19)/t12-/m0/s1. The molecule has 0 bridgehead atoms. The molecule has 1 atom stereocenters. The Hall–Kier alpha value is -1.51. The number of carbonyl (C=O) groups excluding carboxylic acids is 1. The van der Waals surface area contributed by atoms with Crippen LogP contribution in [-0.2, 0) is 0 Å². The lowest BCUT2D eigenvalue weighted by Crippen LogP contribution is -2.39. The molecule has 1 amide bonds. The van der Waals surface area contributed by atoms with Gasteiger partial charge in [0.05, 0.1) is 5.56 Å². The molecular weight excluding hydrogens is 236 g/mol. The first-order valence-electron chi connectivity index (χ1n) is 7.30. The molecule has 2 rings (SSSR count). The van der Waals surface area contributed by atoms with Crippen molar-refractivity contribution < 1.29 is 4.79 Å². The van der Waals surface area contributed by atoms with Gasteiger partial charge in [0, 0.05) is 18.8 Å². The smallest absolute Gasteiger partial charge is 0.253 e. The van der Waals surface area contributed by atoms with Crippen LogP contribution < -0.4 is 10.6 Å². The minimum Gasteiger partial charge on any atom is -0.387 e. The summed E-state index contributed by atoms with van der Waals surface area (Å²) in [5.41, 5.74) is 1.61. The molecule has 3 heteroatoms. The highest BCUT2D eigenvalue weighted by Crippen LogP contribution is 2.26. The van der Waals surface area contributed by atoms with Crippen LogP contribution in [0.5, 0.6) is 0 Å². The van der Waals surface area contributed by atoms with Crippen molar-refractivity contribution in [2.45, 2.75) is 45.1 Å². The van der Waals surface area contributed by atoms with E-state index in [2.05, 4.69) is 17.6 Å². The van der Waals surface area contributed by atoms with E-state index < -0.39 is 0 Å². The van der Waals surface area contributed by atoms with Crippen molar-refractivity contribution >= 4 is 11.6 Å². The molecule has 0 spiro atoms. The van der Waals surface area contributed by atoms with Gasteiger partial charge in [-0.2, -0.15) is 0 Å². The molecule has 0 heterocycles. The summed E-state index contributed by atoms with van der Waals surface area (Å²) in [5.74, 6) is 0.669. The van der Waals surface area contributed by atoms with Crippen LogP contribution in [0.2, 0.25) is 0 Å². The molecule has 104 valence electrons. The van der Waals surface area contributed by atoms with E-state index in [-0.39, 0.29) is 11.9 Å². The van der Waals surface area contributed by atoms with Gasteiger partial charge in [-0.1, -0.05) is 31.4 Å². The molecule has 0 aliphatic heterocycles. The maximum absolute atomic E-state index is 12.3. The van der Waals surface area contributed by atoms with Gasteiger partial charge in [0.2, 0.25) is 0 Å². The number of amides is 1. The van der Waals surface area contributed by atoms with Gasteiger partial charge in [-0.05, 0) is 37.8 Å². The minimum absolute atomic E-state index is 0.0306. The molecule has 19 heavy (non-hydrogen) atoms. The van der Waals surface area contributed by atoms with E-state index in [1.807, 2.05) is 31.3 Å². The summed E-state index contributed by atoms with van der Waals surface area (Å²) in [7, 11) is 1.84. The maximum Gasteiger partial charge on any atom is 0.253 e. The van der Waals surface area contributed by atoms with Gasteiger partial charge in [-0.25, -0.2) is 0 Å². The Labute approximate surface area is 115 Å². The number of carbonyl (C=O) groups is 1. The fourth-order valence-electron chi connectivity index (χ4n) is 2.94. The number of anilines is 1. The van der Waals surface area contributed by atoms with Gasteiger partial charge in [-0.3, -0.25) is 4.79 Å². The number of hydrogen-bond acceptors (Lipinski definition) is 2. The molecule has 0 radical (unpaired) electrons. The van der Waals surface area contributed by atoms with E-state index in [0.29, 0.717) is 5.92 Å². The third kappa shape index (κ3) is 3.49. The van der Waals surface area contributed by atoms with E-state index >= 15 is 0 Å². The van der Waals surface area contributed by atoms with Crippen molar-refractivity contribution in [3.05, 3.63) is 29.8 Å². The quantitative estimate of drug-likeness (QED) is 0.871. The maximum atomic E-state index is 12.3. The number of rotatable bonds is 4. The van der Waals surface area contributed by atoms with Crippen molar-refractivity contribution in [2.75, 3.05) is 12.4 Å². The topological polar surface area (TPSA) is 41.1 Å². The largest absolute Gasteiger partial charge is 0.387 e. The molecule has 0 aromatic heterocycles. The predicted octanol–water partition coefficient (Wildman–Crippen LogP) is 3.43. The Bertz CT molecular complexity index is 425. The van der Waals surface area contributed by atoms with Crippen LogP contribution in [0, 0.1) is 5.92 Å². The van der Waals surface area contributed by atoms with E-state index in [9.17, 15) is 4.79 Å². The Kier molecular flexibility index (Phi) is 4.83. The molecular formula is C16H24N2O. The summed E-state index contributed by atoms with van der Waals surface area (Å²) in [6.07, 6.45) is 6.44. The zero-order valence-electron chi connectivity index (χ0n) is 11.9. The first kappa shape index (κ1) is 13.9. The van der Waals surface area contributed by atoms with E-state index in [1.54, 1.807) is 0 Å². The van der Waals surface area contributed by atoms with Crippen LogP contribution in [0.4, 0.5) is 5.69 Å². The Morgan fingerprint density at radius 1 is 1.21 bits per heavy atom. The van der Waals surface area contributed by atoms with Crippen molar-refractivity contribution in [1.82, 2.24) is 5.32 Å².